The quantitative estimate of drug-likeness (QED) is 0.0747. The summed E-state index contributed by atoms with van der Waals surface area (Å²) in [6.45, 7) is 21.2. The first-order valence-corrected chi connectivity index (χ1v) is 21.0. The van der Waals surface area contributed by atoms with Crippen molar-refractivity contribution in [3.8, 4) is 50.6 Å². The Bertz CT molecular complexity index is 1720. The van der Waals surface area contributed by atoms with Crippen LogP contribution in [0.3, 0.4) is 0 Å². The Hall–Kier alpha value is -3.45. The number of thioether (sulfide) groups is 3. The van der Waals surface area contributed by atoms with Gasteiger partial charge in [0.2, 0.25) is 0 Å². The van der Waals surface area contributed by atoms with Crippen LogP contribution < -0.4 is 14.2 Å². The lowest BCUT2D eigenvalue weighted by Gasteiger charge is -2.17. The maximum atomic E-state index is 6.33. The van der Waals surface area contributed by atoms with Crippen molar-refractivity contribution in [2.45, 2.75) is 55.8 Å². The van der Waals surface area contributed by atoms with Crippen LogP contribution in [-0.4, -0.2) is 52.8 Å². The topological polar surface area (TPSA) is 27.7 Å². The van der Waals surface area contributed by atoms with E-state index >= 15 is 0 Å². The Labute approximate surface area is 317 Å². The van der Waals surface area contributed by atoms with Gasteiger partial charge in [0.05, 0.1) is 0 Å². The van der Waals surface area contributed by atoms with Gasteiger partial charge in [-0.1, -0.05) is 54.7 Å². The average molecular weight is 733 g/mol. The predicted octanol–water partition coefficient (Wildman–Crippen LogP) is 11.5. The molecule has 0 aromatic heterocycles. The van der Waals surface area contributed by atoms with Gasteiger partial charge >= 0.3 is 0 Å². The fourth-order valence-electron chi connectivity index (χ4n) is 6.26. The van der Waals surface area contributed by atoms with Gasteiger partial charge in [0.15, 0.2) is 0 Å². The Morgan fingerprint density at radius 1 is 0.471 bits per heavy atom. The molecule has 3 atom stereocenters. The fraction of sp³-hybridized carbons (Fsp3) is 0.333. The molecule has 0 radical (unpaired) electrons. The number of hydrogen-bond donors (Lipinski definition) is 0. The summed E-state index contributed by atoms with van der Waals surface area (Å²) in [4.78, 5) is 0. The van der Waals surface area contributed by atoms with Gasteiger partial charge in [-0.25, -0.2) is 0 Å². The van der Waals surface area contributed by atoms with Gasteiger partial charge in [0.25, 0.3) is 0 Å². The maximum absolute atomic E-state index is 6.33. The maximum Gasteiger partial charge on any atom is 0.122 e. The summed E-state index contributed by atoms with van der Waals surface area (Å²) < 4.78 is 19.0. The van der Waals surface area contributed by atoms with Crippen molar-refractivity contribution < 1.29 is 14.2 Å². The van der Waals surface area contributed by atoms with Gasteiger partial charge in [-0.2, -0.15) is 35.3 Å². The highest BCUT2D eigenvalue weighted by Crippen LogP contribution is 2.40. The smallest absolute Gasteiger partial charge is 0.122 e. The summed E-state index contributed by atoms with van der Waals surface area (Å²) in [5.41, 5.74) is 13.9. The van der Waals surface area contributed by atoms with Gasteiger partial charge in [-0.05, 0) is 145 Å². The minimum Gasteiger partial charge on any atom is -0.492 e. The van der Waals surface area contributed by atoms with E-state index in [-0.39, 0.29) is 0 Å². The second-order valence-corrected chi connectivity index (χ2v) is 18.5. The van der Waals surface area contributed by atoms with Crippen molar-refractivity contribution in [2.75, 3.05) is 37.1 Å². The molecule has 0 saturated carbocycles. The van der Waals surface area contributed by atoms with Gasteiger partial charge in [0.1, 0.15) is 37.1 Å². The molecule has 3 unspecified atom stereocenters. The molecule has 4 aromatic rings. The zero-order chi connectivity index (χ0) is 35.5. The Morgan fingerprint density at radius 2 is 0.745 bits per heavy atom. The Kier molecular flexibility index (Phi) is 11.3. The molecular weight excluding hydrogens is 685 g/mol. The molecule has 3 saturated heterocycles. The third-order valence-corrected chi connectivity index (χ3v) is 11.9. The molecular formula is C45H48O3S3. The van der Waals surface area contributed by atoms with E-state index in [4.69, 9.17) is 14.2 Å². The Morgan fingerprint density at radius 3 is 0.980 bits per heavy atom. The van der Waals surface area contributed by atoms with Crippen LogP contribution in [0.25, 0.3) is 33.4 Å². The Balaban J connectivity index is 1.31. The van der Waals surface area contributed by atoms with Crippen LogP contribution in [0.5, 0.6) is 17.2 Å². The van der Waals surface area contributed by atoms with Gasteiger partial charge < -0.3 is 14.2 Å². The van der Waals surface area contributed by atoms with Crippen molar-refractivity contribution in [3.63, 3.8) is 0 Å². The lowest BCUT2D eigenvalue weighted by molar-refractivity contribution is 0.327. The normalized spacial score (nSPS) is 18.5. The number of allylic oxidation sites excluding steroid dienone is 3. The van der Waals surface area contributed by atoms with Crippen molar-refractivity contribution >= 4 is 35.3 Å². The molecule has 4 aromatic carbocycles. The SMILES string of the molecule is C=C(C)Cc1cc(-c2cc(-c3ccc(OCC4CS4)c(CC(=C)C)c3)cc(-c3ccc(OCC4CS4)c(CC(=C)C)c3)c2)ccc1OCC1CS1. The van der Waals surface area contributed by atoms with E-state index in [2.05, 4.69) is 113 Å². The molecule has 3 fully saturated rings. The van der Waals surface area contributed by atoms with E-state index in [1.165, 1.54) is 33.9 Å². The highest BCUT2D eigenvalue weighted by Gasteiger charge is 2.25. The van der Waals surface area contributed by atoms with Crippen LogP contribution >= 0.6 is 35.3 Å². The second-order valence-electron chi connectivity index (χ2n) is 14.5. The van der Waals surface area contributed by atoms with Gasteiger partial charge in [-0.3, -0.25) is 0 Å². The molecule has 6 heteroatoms. The van der Waals surface area contributed by atoms with Crippen LogP contribution in [0.4, 0.5) is 0 Å². The van der Waals surface area contributed by atoms with Crippen LogP contribution in [0.1, 0.15) is 37.5 Å². The first-order chi connectivity index (χ1) is 24.7. The molecule has 264 valence electrons. The van der Waals surface area contributed by atoms with Crippen molar-refractivity contribution in [1.82, 2.24) is 0 Å². The predicted molar refractivity (Wildman–Crippen MR) is 224 cm³/mol. The molecule has 3 nitrogen and oxygen atoms in total. The standard InChI is InChI=1S/C45H48O3S3/c1-28(2)13-37-16-31(7-10-43(37)46-22-40-25-49-40)34-19-35(32-8-11-44(47-23-41-26-50-41)38(17-32)14-29(3)4)21-36(20-34)33-9-12-45(48-24-42-27-51-42)39(18-33)15-30(5)6/h7-12,16-21,40-42H,1,3,5,13-15,22-27H2,2,4,6H3. The van der Waals surface area contributed by atoms with Crippen LogP contribution in [0, 0.1) is 0 Å². The van der Waals surface area contributed by atoms with Crippen LogP contribution in [-0.2, 0) is 19.3 Å². The van der Waals surface area contributed by atoms with E-state index in [1.54, 1.807) is 0 Å². The molecule has 0 bridgehead atoms. The first-order valence-electron chi connectivity index (χ1n) is 17.9. The second kappa shape index (κ2) is 16.1. The third kappa shape index (κ3) is 10.1. The van der Waals surface area contributed by atoms with E-state index in [0.29, 0.717) is 15.7 Å². The van der Waals surface area contributed by atoms with E-state index in [1.807, 2.05) is 35.3 Å². The molecule has 3 aliphatic rings. The zero-order valence-electron chi connectivity index (χ0n) is 30.1. The van der Waals surface area contributed by atoms with Crippen LogP contribution in [0.15, 0.2) is 109 Å². The minimum atomic E-state index is 0.611. The summed E-state index contributed by atoms with van der Waals surface area (Å²) in [6, 6.07) is 26.9. The molecule has 3 heterocycles. The molecule has 0 spiro atoms. The van der Waals surface area contributed by atoms with Gasteiger partial charge in [-0.15, -0.1) is 0 Å². The molecule has 51 heavy (non-hydrogen) atoms. The largest absolute Gasteiger partial charge is 0.492 e. The van der Waals surface area contributed by atoms with E-state index in [9.17, 15) is 0 Å². The number of rotatable bonds is 18. The monoisotopic (exact) mass is 732 g/mol. The minimum absolute atomic E-state index is 0.611. The molecule has 0 amide bonds. The molecule has 7 rings (SSSR count). The number of benzene rings is 4. The summed E-state index contributed by atoms with van der Waals surface area (Å²) in [6.07, 6.45) is 2.34. The lowest BCUT2D eigenvalue weighted by atomic mass is 9.90. The third-order valence-electron chi connectivity index (χ3n) is 9.07. The van der Waals surface area contributed by atoms with Crippen molar-refractivity contribution in [2.24, 2.45) is 0 Å². The van der Waals surface area contributed by atoms with Crippen LogP contribution in [0.2, 0.25) is 0 Å². The zero-order valence-corrected chi connectivity index (χ0v) is 32.5. The average Bonchev–Trinajstić information content (AvgIpc) is 3.93. The fourth-order valence-corrected chi connectivity index (χ4v) is 7.45. The first kappa shape index (κ1) is 35.9. The lowest BCUT2D eigenvalue weighted by Crippen LogP contribution is -2.05. The number of ether oxygens (including phenoxy) is 3. The number of hydrogen-bond acceptors (Lipinski definition) is 6. The molecule has 3 aliphatic heterocycles. The van der Waals surface area contributed by atoms with Crippen molar-refractivity contribution in [1.29, 1.82) is 0 Å². The van der Waals surface area contributed by atoms with Gasteiger partial charge in [0, 0.05) is 33.0 Å². The molecule has 0 N–H and O–H groups in total. The van der Waals surface area contributed by atoms with E-state index < -0.39 is 0 Å². The summed E-state index contributed by atoms with van der Waals surface area (Å²) in [7, 11) is 0. The summed E-state index contributed by atoms with van der Waals surface area (Å²) in [5.74, 6) is 6.43. The van der Waals surface area contributed by atoms with Crippen molar-refractivity contribution in [3.05, 3.63) is 126 Å². The summed E-state index contributed by atoms with van der Waals surface area (Å²) >= 11 is 5.88. The highest BCUT2D eigenvalue weighted by molar-refractivity contribution is 8.07. The summed E-state index contributed by atoms with van der Waals surface area (Å²) in [5, 5.41) is 1.83. The van der Waals surface area contributed by atoms with E-state index in [0.717, 1.165) is 106 Å². The highest BCUT2D eigenvalue weighted by atomic mass is 32.2. The molecule has 0 aliphatic carbocycles.